The molecule has 0 aliphatic rings. The topological polar surface area (TPSA) is 124 Å². The van der Waals surface area contributed by atoms with Crippen molar-refractivity contribution in [2.75, 3.05) is 11.9 Å². The minimum Gasteiger partial charge on any atom is -0.742 e. The zero-order valence-electron chi connectivity index (χ0n) is 13.1. The molecule has 8 nitrogen and oxygen atoms in total. The fourth-order valence-electron chi connectivity index (χ4n) is 1.68. The van der Waals surface area contributed by atoms with Crippen LogP contribution in [0.3, 0.4) is 0 Å². The molecule has 0 aliphatic heterocycles. The van der Waals surface area contributed by atoms with E-state index in [1.807, 2.05) is 31.2 Å². The monoisotopic (exact) mass is 359 g/mol. The predicted octanol–water partition coefficient (Wildman–Crippen LogP) is -1.94. The molecule has 0 spiro atoms. The van der Waals surface area contributed by atoms with E-state index in [2.05, 4.69) is 15.8 Å². The molecular weight excluding hydrogens is 345 g/mol. The first-order valence-corrected chi connectivity index (χ1v) is 7.93. The van der Waals surface area contributed by atoms with E-state index in [-0.39, 0.29) is 41.9 Å². The van der Waals surface area contributed by atoms with Crippen molar-refractivity contribution in [1.29, 1.82) is 0 Å². The molecule has 2 rings (SSSR count). The van der Waals surface area contributed by atoms with Crippen LogP contribution in [0, 0.1) is 6.92 Å². The van der Waals surface area contributed by atoms with E-state index in [9.17, 15) is 17.8 Å². The van der Waals surface area contributed by atoms with Crippen LogP contribution >= 0.6 is 0 Å². The Kier molecular flexibility index (Phi) is 7.64. The normalized spacial score (nSPS) is 11.1. The number of hydrazone groups is 1. The Morgan fingerprint density at radius 3 is 2.71 bits per heavy atom. The Balaban J connectivity index is 0.00000288. The average Bonchev–Trinajstić information content (AvgIpc) is 2.94. The van der Waals surface area contributed by atoms with Gasteiger partial charge in [-0.3, -0.25) is 4.79 Å². The molecule has 0 radical (unpaired) electrons. The van der Waals surface area contributed by atoms with E-state index in [0.717, 1.165) is 23.5 Å². The van der Waals surface area contributed by atoms with E-state index in [0.29, 0.717) is 0 Å². The Bertz CT molecular complexity index is 832. The Morgan fingerprint density at radius 1 is 1.33 bits per heavy atom. The van der Waals surface area contributed by atoms with E-state index in [4.69, 9.17) is 4.42 Å². The second-order valence-corrected chi connectivity index (χ2v) is 5.94. The maximum Gasteiger partial charge on any atom is 1.00 e. The van der Waals surface area contributed by atoms with E-state index < -0.39 is 21.1 Å². The maximum absolute atomic E-state index is 11.6. The Morgan fingerprint density at radius 2 is 2.08 bits per heavy atom. The number of carbonyl (C=O) groups is 1. The average molecular weight is 359 g/mol. The van der Waals surface area contributed by atoms with Gasteiger partial charge < -0.3 is 14.3 Å². The van der Waals surface area contributed by atoms with Gasteiger partial charge in [-0.15, -0.1) is 0 Å². The van der Waals surface area contributed by atoms with Crippen LogP contribution in [0.2, 0.25) is 0 Å². The van der Waals surface area contributed by atoms with Crippen LogP contribution in [0.1, 0.15) is 11.3 Å². The van der Waals surface area contributed by atoms with Gasteiger partial charge in [0, 0.05) is 5.69 Å². The van der Waals surface area contributed by atoms with Crippen LogP contribution in [0.5, 0.6) is 0 Å². The molecule has 2 aromatic rings. The fraction of sp³-hybridized carbons (Fsp3) is 0.143. The van der Waals surface area contributed by atoms with E-state index in [1.54, 1.807) is 0 Å². The summed E-state index contributed by atoms with van der Waals surface area (Å²) in [5.74, 6) is -0.364. The number of benzene rings is 1. The molecule has 0 bridgehead atoms. The minimum absolute atomic E-state index is 0. The molecule has 1 aromatic heterocycles. The molecule has 1 heterocycles. The van der Waals surface area contributed by atoms with Crippen molar-refractivity contribution in [3.63, 3.8) is 0 Å². The molecule has 0 atom stereocenters. The molecule has 122 valence electrons. The first-order chi connectivity index (χ1) is 10.8. The summed E-state index contributed by atoms with van der Waals surface area (Å²) < 4.78 is 36.9. The zero-order valence-corrected chi connectivity index (χ0v) is 16.0. The van der Waals surface area contributed by atoms with Crippen LogP contribution in [-0.4, -0.2) is 31.6 Å². The van der Waals surface area contributed by atoms with Gasteiger partial charge in [0.1, 0.15) is 5.76 Å². The molecule has 0 aliphatic carbocycles. The van der Waals surface area contributed by atoms with Crippen LogP contribution < -0.4 is 40.3 Å². The Hall–Kier alpha value is -1.65. The number of rotatable bonds is 6. The summed E-state index contributed by atoms with van der Waals surface area (Å²) in [6, 6.07) is 9.80. The molecule has 0 unspecified atom stereocenters. The molecule has 2 N–H and O–H groups in total. The fourth-order valence-corrected chi connectivity index (χ4v) is 2.12. The largest absolute Gasteiger partial charge is 1.00 e. The van der Waals surface area contributed by atoms with Crippen LogP contribution in [-0.2, 0) is 14.9 Å². The van der Waals surface area contributed by atoms with Gasteiger partial charge in [0.2, 0.25) is 5.09 Å². The number of nitrogens with zero attached hydrogens (tertiary/aromatic N) is 1. The van der Waals surface area contributed by atoms with Crippen LogP contribution in [0.15, 0.2) is 51.0 Å². The van der Waals surface area contributed by atoms with Gasteiger partial charge in [-0.05, 0) is 36.8 Å². The summed E-state index contributed by atoms with van der Waals surface area (Å²) in [4.78, 5) is 11.6. The minimum atomic E-state index is -4.64. The molecule has 1 amide bonds. The van der Waals surface area contributed by atoms with Gasteiger partial charge in [-0.1, -0.05) is 12.1 Å². The van der Waals surface area contributed by atoms with Crippen molar-refractivity contribution >= 4 is 27.9 Å². The van der Waals surface area contributed by atoms with Gasteiger partial charge in [0.15, 0.2) is 10.1 Å². The summed E-state index contributed by atoms with van der Waals surface area (Å²) >= 11 is 0. The van der Waals surface area contributed by atoms with Crippen LogP contribution in [0.25, 0.3) is 0 Å². The molecule has 0 fully saturated rings. The SMILES string of the molecule is Cc1cccc(NCC(=O)NN=Cc2ccc(S(=O)(=O)[O-])o2)c1.[Na+]. The molecule has 0 saturated heterocycles. The van der Waals surface area contributed by atoms with Crippen molar-refractivity contribution in [3.05, 3.63) is 47.7 Å². The number of nitrogens with one attached hydrogen (secondary N) is 2. The second kappa shape index (κ2) is 9.00. The summed E-state index contributed by atoms with van der Waals surface area (Å²) in [6.07, 6.45) is 1.10. The van der Waals surface area contributed by atoms with Gasteiger partial charge in [-0.2, -0.15) is 5.10 Å². The summed E-state index contributed by atoms with van der Waals surface area (Å²) in [6.45, 7) is 1.95. The first-order valence-electron chi connectivity index (χ1n) is 6.53. The third-order valence-electron chi connectivity index (χ3n) is 2.70. The molecule has 0 saturated carbocycles. The molecular formula is C14H14N3NaO5S. The maximum atomic E-state index is 11.6. The zero-order chi connectivity index (χ0) is 16.9. The molecule has 24 heavy (non-hydrogen) atoms. The Labute approximate surface area is 161 Å². The number of hydrogen-bond acceptors (Lipinski definition) is 7. The predicted molar refractivity (Wildman–Crippen MR) is 82.1 cm³/mol. The van der Waals surface area contributed by atoms with Crippen molar-refractivity contribution < 1.29 is 51.7 Å². The second-order valence-electron chi connectivity index (χ2n) is 4.63. The van der Waals surface area contributed by atoms with Crippen molar-refractivity contribution in [2.24, 2.45) is 5.10 Å². The van der Waals surface area contributed by atoms with Crippen molar-refractivity contribution in [1.82, 2.24) is 5.43 Å². The van der Waals surface area contributed by atoms with Crippen LogP contribution in [0.4, 0.5) is 5.69 Å². The number of aryl methyl sites for hydroxylation is 1. The summed E-state index contributed by atoms with van der Waals surface area (Å²) in [5, 5.41) is 5.84. The van der Waals surface area contributed by atoms with Gasteiger partial charge in [-0.25, -0.2) is 13.8 Å². The number of anilines is 1. The van der Waals surface area contributed by atoms with E-state index in [1.165, 1.54) is 6.07 Å². The first kappa shape index (κ1) is 20.4. The molecule has 1 aromatic carbocycles. The molecule has 10 heteroatoms. The van der Waals surface area contributed by atoms with Gasteiger partial charge >= 0.3 is 29.6 Å². The van der Waals surface area contributed by atoms with Gasteiger partial charge in [0.05, 0.1) is 12.8 Å². The summed E-state index contributed by atoms with van der Waals surface area (Å²) in [7, 11) is -4.64. The number of carbonyl (C=O) groups excluding carboxylic acids is 1. The number of hydrogen-bond donors (Lipinski definition) is 2. The number of amides is 1. The van der Waals surface area contributed by atoms with Crippen molar-refractivity contribution in [3.8, 4) is 0 Å². The quantitative estimate of drug-likeness (QED) is 0.268. The standard InChI is InChI=1S/C14H15N3O5S.Na/c1-10-3-2-4-11(7-10)15-9-13(18)17-16-8-12-5-6-14(22-12)23(19,20)21;/h2-8,15H,9H2,1H3,(H,17,18)(H,19,20,21);/q;+1/p-1. The number of furan rings is 1. The smallest absolute Gasteiger partial charge is 0.742 e. The third-order valence-corrected chi connectivity index (χ3v) is 3.41. The van der Waals surface area contributed by atoms with Gasteiger partial charge in [0.25, 0.3) is 5.91 Å². The third kappa shape index (κ3) is 6.46. The van der Waals surface area contributed by atoms with E-state index >= 15 is 0 Å². The summed E-state index contributed by atoms with van der Waals surface area (Å²) in [5.41, 5.74) is 4.12. The van der Waals surface area contributed by atoms with Crippen molar-refractivity contribution in [2.45, 2.75) is 12.0 Å².